The molecule has 1 aliphatic rings. The molecule has 0 amide bonds. The highest BCUT2D eigenvalue weighted by Crippen LogP contribution is 2.36. The smallest absolute Gasteiger partial charge is 0.0991 e. The van der Waals surface area contributed by atoms with E-state index in [-0.39, 0.29) is 0 Å². The highest BCUT2D eigenvalue weighted by molar-refractivity contribution is 14.2. The van der Waals surface area contributed by atoms with E-state index >= 15 is 0 Å². The van der Waals surface area contributed by atoms with Crippen LogP contribution in [0.15, 0.2) is 42.6 Å². The van der Waals surface area contributed by atoms with Crippen LogP contribution in [0.1, 0.15) is 53.1 Å². The molecule has 1 unspecified atom stereocenters. The number of benzene rings is 2. The van der Waals surface area contributed by atoms with Gasteiger partial charge in [0.05, 0.1) is 17.1 Å². The lowest BCUT2D eigenvalue weighted by Crippen LogP contribution is -2.33. The molecule has 1 aliphatic heterocycles. The van der Waals surface area contributed by atoms with Crippen LogP contribution >= 0.6 is 30.3 Å². The number of halogens is 1. The Bertz CT molecular complexity index is 1030. The van der Waals surface area contributed by atoms with Crippen molar-refractivity contribution in [3.8, 4) is 6.07 Å². The molecule has 1 aromatic heterocycles. The van der Waals surface area contributed by atoms with Gasteiger partial charge < -0.3 is 0 Å². The molecule has 0 aliphatic carbocycles. The lowest BCUT2D eigenvalue weighted by Gasteiger charge is -2.36. The Hall–Kier alpha value is -1.49. The van der Waals surface area contributed by atoms with Crippen LogP contribution in [-0.4, -0.2) is 15.4 Å². The summed E-state index contributed by atoms with van der Waals surface area (Å²) in [7, 11) is 1.73. The maximum atomic E-state index is 9.10. The molecule has 0 radical (unpaired) electrons. The Balaban J connectivity index is 1.70. The summed E-state index contributed by atoms with van der Waals surface area (Å²) in [5.41, 5.74) is 7.58. The summed E-state index contributed by atoms with van der Waals surface area (Å²) in [6.45, 7) is 6.56. The van der Waals surface area contributed by atoms with Gasteiger partial charge in [0.2, 0.25) is 0 Å². The van der Waals surface area contributed by atoms with E-state index in [0.717, 1.165) is 18.7 Å². The van der Waals surface area contributed by atoms with Crippen molar-refractivity contribution < 1.29 is 0 Å². The summed E-state index contributed by atoms with van der Waals surface area (Å²) in [6.07, 6.45) is 5.90. The van der Waals surface area contributed by atoms with Gasteiger partial charge in [-0.2, -0.15) is 5.26 Å². The second-order valence-corrected chi connectivity index (χ2v) is 9.39. The highest BCUT2D eigenvalue weighted by atomic mass is 127. The fourth-order valence-corrected chi connectivity index (χ4v) is 5.95. The van der Waals surface area contributed by atoms with Crippen molar-refractivity contribution in [2.24, 2.45) is 0 Å². The van der Waals surface area contributed by atoms with E-state index in [9.17, 15) is 0 Å². The van der Waals surface area contributed by atoms with Crippen LogP contribution in [-0.2, 0) is 6.54 Å². The van der Waals surface area contributed by atoms with Gasteiger partial charge in [-0.05, 0) is 73.7 Å². The van der Waals surface area contributed by atoms with Crippen molar-refractivity contribution in [3.05, 3.63) is 70.4 Å². The zero-order chi connectivity index (χ0) is 19.7. The predicted molar refractivity (Wildman–Crippen MR) is 127 cm³/mol. The quantitative estimate of drug-likeness (QED) is 0.373. The Labute approximate surface area is 183 Å². The Morgan fingerprint density at radius 3 is 2.64 bits per heavy atom. The third-order valence-electron chi connectivity index (χ3n) is 5.93. The molecule has 5 heteroatoms. The molecule has 1 atom stereocenters. The standard InChI is InChI=1S/C23H24IN3S/c1-16-13-17(2)23-20(10-12-27(23)28-24)21(16)15-26-11-4-3-5-22(26)19-8-6-18(14-25)7-9-19/h6-10,12-13,22H,3-5,11,15H2,1-2H3. The molecule has 0 spiro atoms. The normalized spacial score (nSPS) is 17.7. The molecule has 1 saturated heterocycles. The Morgan fingerprint density at radius 1 is 1.14 bits per heavy atom. The average molecular weight is 501 g/mol. The molecular formula is C23H24IN3S. The van der Waals surface area contributed by atoms with Crippen LogP contribution < -0.4 is 0 Å². The van der Waals surface area contributed by atoms with Crippen molar-refractivity contribution >= 4 is 41.2 Å². The van der Waals surface area contributed by atoms with Gasteiger partial charge in [-0.25, -0.2) is 0 Å². The molecule has 3 aromatic rings. The van der Waals surface area contributed by atoms with Crippen LogP contribution in [0, 0.1) is 25.2 Å². The Kier molecular flexibility index (Phi) is 6.00. The van der Waals surface area contributed by atoms with Crippen LogP contribution in [0.25, 0.3) is 10.9 Å². The van der Waals surface area contributed by atoms with Gasteiger partial charge in [-0.3, -0.25) is 8.87 Å². The minimum absolute atomic E-state index is 0.429. The largest absolute Gasteiger partial charge is 0.292 e. The molecular weight excluding hydrogens is 477 g/mol. The first kappa shape index (κ1) is 19.8. The van der Waals surface area contributed by atoms with E-state index in [1.54, 1.807) is 9.12 Å². The minimum Gasteiger partial charge on any atom is -0.292 e. The van der Waals surface area contributed by atoms with Gasteiger partial charge >= 0.3 is 0 Å². The van der Waals surface area contributed by atoms with Crippen molar-refractivity contribution in [3.63, 3.8) is 0 Å². The summed E-state index contributed by atoms with van der Waals surface area (Å²) in [5, 5.41) is 10.5. The first-order chi connectivity index (χ1) is 13.6. The van der Waals surface area contributed by atoms with Gasteiger partial charge in [-0.1, -0.05) is 24.6 Å². The van der Waals surface area contributed by atoms with Crippen molar-refractivity contribution in [1.29, 1.82) is 5.26 Å². The number of nitrogens with zero attached hydrogens (tertiary/aromatic N) is 3. The number of aromatic nitrogens is 1. The molecule has 4 rings (SSSR count). The summed E-state index contributed by atoms with van der Waals surface area (Å²) < 4.78 is 2.27. The molecule has 1 fully saturated rings. The van der Waals surface area contributed by atoms with Gasteiger partial charge in [0.1, 0.15) is 0 Å². The summed E-state index contributed by atoms with van der Waals surface area (Å²) in [4.78, 5) is 2.64. The molecule has 0 bridgehead atoms. The third-order valence-corrected chi connectivity index (χ3v) is 7.66. The van der Waals surface area contributed by atoms with E-state index in [1.165, 1.54) is 52.4 Å². The third kappa shape index (κ3) is 3.70. The zero-order valence-electron chi connectivity index (χ0n) is 16.3. The monoisotopic (exact) mass is 501 g/mol. The zero-order valence-corrected chi connectivity index (χ0v) is 19.3. The lowest BCUT2D eigenvalue weighted by atomic mass is 9.92. The number of aryl methyl sites for hydroxylation is 2. The SMILES string of the molecule is Cc1cc(C)c2c(ccn2SI)c1CN1CCCCC1c1ccc(C#N)cc1. The van der Waals surface area contributed by atoms with Crippen molar-refractivity contribution in [2.75, 3.05) is 6.54 Å². The van der Waals surface area contributed by atoms with Crippen LogP contribution in [0.4, 0.5) is 0 Å². The summed E-state index contributed by atoms with van der Waals surface area (Å²) in [5.74, 6) is 0. The fourth-order valence-electron chi connectivity index (χ4n) is 4.54. The second kappa shape index (κ2) is 8.48. The van der Waals surface area contributed by atoms with E-state index in [1.807, 2.05) is 12.1 Å². The number of likely N-dealkylation sites (tertiary alicyclic amines) is 1. The molecule has 2 aromatic carbocycles. The average Bonchev–Trinajstić information content (AvgIpc) is 3.16. The molecule has 28 heavy (non-hydrogen) atoms. The van der Waals surface area contributed by atoms with E-state index in [0.29, 0.717) is 6.04 Å². The van der Waals surface area contributed by atoms with Gasteiger partial charge in [0.15, 0.2) is 0 Å². The molecule has 144 valence electrons. The first-order valence-corrected chi connectivity index (χ1v) is 13.1. The molecule has 2 heterocycles. The minimum atomic E-state index is 0.429. The first-order valence-electron chi connectivity index (χ1n) is 9.75. The molecule has 0 N–H and O–H groups in total. The molecule has 3 nitrogen and oxygen atoms in total. The van der Waals surface area contributed by atoms with Gasteiger partial charge in [-0.15, -0.1) is 0 Å². The van der Waals surface area contributed by atoms with Crippen molar-refractivity contribution in [1.82, 2.24) is 8.87 Å². The maximum Gasteiger partial charge on any atom is 0.0991 e. The summed E-state index contributed by atoms with van der Waals surface area (Å²) >= 11 is 2.35. The topological polar surface area (TPSA) is 32.0 Å². The number of hydrogen-bond donors (Lipinski definition) is 0. The van der Waals surface area contributed by atoms with Crippen LogP contribution in [0.2, 0.25) is 0 Å². The van der Waals surface area contributed by atoms with E-state index in [2.05, 4.69) is 80.5 Å². The molecule has 0 saturated carbocycles. The number of nitriles is 1. The van der Waals surface area contributed by atoms with Gasteiger partial charge in [0.25, 0.3) is 0 Å². The lowest BCUT2D eigenvalue weighted by molar-refractivity contribution is 0.141. The van der Waals surface area contributed by atoms with Gasteiger partial charge in [0, 0.05) is 54.5 Å². The van der Waals surface area contributed by atoms with Crippen LogP contribution in [0.5, 0.6) is 0 Å². The second-order valence-electron chi connectivity index (χ2n) is 7.68. The maximum absolute atomic E-state index is 9.10. The number of fused-ring (bicyclic) bond motifs is 1. The number of rotatable bonds is 4. The number of piperidine rings is 1. The van der Waals surface area contributed by atoms with Crippen molar-refractivity contribution in [2.45, 2.75) is 45.7 Å². The highest BCUT2D eigenvalue weighted by Gasteiger charge is 2.25. The summed E-state index contributed by atoms with van der Waals surface area (Å²) in [6, 6.07) is 15.5. The van der Waals surface area contributed by atoms with E-state index in [4.69, 9.17) is 5.26 Å². The Morgan fingerprint density at radius 2 is 1.93 bits per heavy atom. The number of hydrogen-bond acceptors (Lipinski definition) is 3. The predicted octanol–water partition coefficient (Wildman–Crippen LogP) is 6.70. The van der Waals surface area contributed by atoms with E-state index < -0.39 is 0 Å². The fraction of sp³-hybridized carbons (Fsp3) is 0.348. The van der Waals surface area contributed by atoms with Crippen LogP contribution in [0.3, 0.4) is 0 Å².